The molecule has 5 heteroatoms. The maximum absolute atomic E-state index is 12.6. The molecule has 4 atom stereocenters. The molecular weight excluding hydrogens is 256 g/mol. The summed E-state index contributed by atoms with van der Waals surface area (Å²) >= 11 is 0. The van der Waals surface area contributed by atoms with Crippen molar-refractivity contribution in [2.24, 2.45) is 17.8 Å². The van der Waals surface area contributed by atoms with Crippen LogP contribution in [0.3, 0.4) is 0 Å². The standard InChI is InChI=1S/C15H24N2O3/c1-10-5-6-17(13(7-10)14(18)19)15(20)16-8-11-3-2-4-12(11)9-16/h10-13H,2-9H2,1H3,(H,18,19). The van der Waals surface area contributed by atoms with E-state index >= 15 is 0 Å². The first-order valence-corrected chi connectivity index (χ1v) is 7.84. The molecule has 1 aliphatic carbocycles. The lowest BCUT2D eigenvalue weighted by atomic mass is 9.92. The zero-order valence-electron chi connectivity index (χ0n) is 12.1. The summed E-state index contributed by atoms with van der Waals surface area (Å²) in [5, 5.41) is 9.37. The van der Waals surface area contributed by atoms with E-state index < -0.39 is 12.0 Å². The largest absolute Gasteiger partial charge is 0.480 e. The molecule has 0 aromatic heterocycles. The van der Waals surface area contributed by atoms with Gasteiger partial charge < -0.3 is 14.9 Å². The quantitative estimate of drug-likeness (QED) is 0.799. The van der Waals surface area contributed by atoms with E-state index in [4.69, 9.17) is 0 Å². The van der Waals surface area contributed by atoms with Crippen molar-refractivity contribution in [3.8, 4) is 0 Å². The lowest BCUT2D eigenvalue weighted by Crippen LogP contribution is -2.54. The molecule has 0 spiro atoms. The molecule has 0 aromatic carbocycles. The van der Waals surface area contributed by atoms with Crippen molar-refractivity contribution >= 4 is 12.0 Å². The Kier molecular flexibility index (Phi) is 3.61. The third-order valence-corrected chi connectivity index (χ3v) is 5.39. The van der Waals surface area contributed by atoms with Crippen molar-refractivity contribution in [3.63, 3.8) is 0 Å². The number of carboxylic acids is 1. The summed E-state index contributed by atoms with van der Waals surface area (Å²) in [4.78, 5) is 27.6. The summed E-state index contributed by atoms with van der Waals surface area (Å²) in [6.45, 7) is 4.32. The van der Waals surface area contributed by atoms with E-state index in [9.17, 15) is 14.7 Å². The van der Waals surface area contributed by atoms with Gasteiger partial charge >= 0.3 is 12.0 Å². The summed E-state index contributed by atoms with van der Waals surface area (Å²) < 4.78 is 0. The molecule has 2 amide bonds. The van der Waals surface area contributed by atoms with Gasteiger partial charge in [-0.2, -0.15) is 0 Å². The SMILES string of the molecule is CC1CCN(C(=O)N2CC3CCCC3C2)C(C(=O)O)C1. The third-order valence-electron chi connectivity index (χ3n) is 5.39. The van der Waals surface area contributed by atoms with Crippen molar-refractivity contribution in [3.05, 3.63) is 0 Å². The summed E-state index contributed by atoms with van der Waals surface area (Å²) in [6, 6.07) is -0.676. The first-order chi connectivity index (χ1) is 9.56. The number of carboxylic acid groups (broad SMARTS) is 1. The second-order valence-corrected chi connectivity index (χ2v) is 6.82. The molecule has 0 bridgehead atoms. The Hall–Kier alpha value is -1.26. The van der Waals surface area contributed by atoms with Gasteiger partial charge in [-0.05, 0) is 43.4 Å². The second kappa shape index (κ2) is 5.26. The topological polar surface area (TPSA) is 60.9 Å². The van der Waals surface area contributed by atoms with Crippen molar-refractivity contribution in [2.75, 3.05) is 19.6 Å². The average molecular weight is 280 g/mol. The average Bonchev–Trinajstić information content (AvgIpc) is 2.98. The Morgan fingerprint density at radius 1 is 1.10 bits per heavy atom. The highest BCUT2D eigenvalue weighted by Gasteiger charge is 2.42. The fraction of sp³-hybridized carbons (Fsp3) is 0.867. The normalized spacial score (nSPS) is 37.0. The maximum Gasteiger partial charge on any atom is 0.326 e. The minimum absolute atomic E-state index is 0.0429. The van der Waals surface area contributed by atoms with Crippen LogP contribution >= 0.6 is 0 Å². The number of piperidine rings is 1. The Morgan fingerprint density at radius 3 is 2.35 bits per heavy atom. The van der Waals surface area contributed by atoms with Gasteiger partial charge in [0.2, 0.25) is 0 Å². The Labute approximate surface area is 119 Å². The minimum Gasteiger partial charge on any atom is -0.480 e. The summed E-state index contributed by atoms with van der Waals surface area (Å²) in [6.07, 6.45) is 5.25. The van der Waals surface area contributed by atoms with E-state index in [1.54, 1.807) is 4.90 Å². The first-order valence-electron chi connectivity index (χ1n) is 7.84. The van der Waals surface area contributed by atoms with Gasteiger partial charge in [0.15, 0.2) is 0 Å². The predicted octanol–water partition coefficient (Wildman–Crippen LogP) is 2.02. The van der Waals surface area contributed by atoms with Gasteiger partial charge in [0.25, 0.3) is 0 Å². The first kappa shape index (κ1) is 13.7. The van der Waals surface area contributed by atoms with Crippen LogP contribution in [0, 0.1) is 17.8 Å². The molecular formula is C15H24N2O3. The Bertz CT molecular complexity index is 400. The number of rotatable bonds is 1. The molecule has 2 aliphatic heterocycles. The van der Waals surface area contributed by atoms with Crippen LogP contribution in [-0.2, 0) is 4.79 Å². The van der Waals surface area contributed by atoms with E-state index in [0.717, 1.165) is 19.5 Å². The molecule has 3 aliphatic rings. The Balaban J connectivity index is 1.68. The summed E-state index contributed by atoms with van der Waals surface area (Å²) in [7, 11) is 0. The van der Waals surface area contributed by atoms with E-state index in [1.807, 2.05) is 4.90 Å². The predicted molar refractivity (Wildman–Crippen MR) is 74.3 cm³/mol. The molecule has 0 aromatic rings. The molecule has 2 saturated heterocycles. The molecule has 1 saturated carbocycles. The number of carbonyl (C=O) groups is 2. The molecule has 112 valence electrons. The van der Waals surface area contributed by atoms with Crippen molar-refractivity contribution in [1.82, 2.24) is 9.80 Å². The van der Waals surface area contributed by atoms with Gasteiger partial charge in [0.1, 0.15) is 6.04 Å². The van der Waals surface area contributed by atoms with Crippen molar-refractivity contribution in [1.29, 1.82) is 0 Å². The maximum atomic E-state index is 12.6. The molecule has 2 heterocycles. The summed E-state index contributed by atoms with van der Waals surface area (Å²) in [5.74, 6) is 0.847. The summed E-state index contributed by atoms with van der Waals surface area (Å²) in [5.41, 5.74) is 0. The van der Waals surface area contributed by atoms with Gasteiger partial charge in [-0.15, -0.1) is 0 Å². The van der Waals surface area contributed by atoms with E-state index in [0.29, 0.717) is 30.7 Å². The van der Waals surface area contributed by atoms with Crippen LogP contribution in [0.15, 0.2) is 0 Å². The van der Waals surface area contributed by atoms with E-state index in [2.05, 4.69) is 6.92 Å². The minimum atomic E-state index is -0.857. The number of fused-ring (bicyclic) bond motifs is 1. The zero-order chi connectivity index (χ0) is 14.3. The third kappa shape index (κ3) is 2.38. The van der Waals surface area contributed by atoms with Crippen LogP contribution in [-0.4, -0.2) is 52.6 Å². The van der Waals surface area contributed by atoms with Crippen LogP contribution in [0.1, 0.15) is 39.0 Å². The molecule has 4 unspecified atom stereocenters. The van der Waals surface area contributed by atoms with Gasteiger partial charge in [-0.25, -0.2) is 9.59 Å². The van der Waals surface area contributed by atoms with Crippen LogP contribution in [0.25, 0.3) is 0 Å². The molecule has 3 rings (SSSR count). The second-order valence-electron chi connectivity index (χ2n) is 6.82. The fourth-order valence-electron chi connectivity index (χ4n) is 4.18. The van der Waals surface area contributed by atoms with Gasteiger partial charge in [0.05, 0.1) is 0 Å². The fourth-order valence-corrected chi connectivity index (χ4v) is 4.18. The number of hydrogen-bond donors (Lipinski definition) is 1. The van der Waals surface area contributed by atoms with Crippen LogP contribution in [0.4, 0.5) is 4.79 Å². The molecule has 0 radical (unpaired) electrons. The highest BCUT2D eigenvalue weighted by atomic mass is 16.4. The molecule has 5 nitrogen and oxygen atoms in total. The molecule has 3 fully saturated rings. The van der Waals surface area contributed by atoms with Gasteiger partial charge in [-0.3, -0.25) is 0 Å². The molecule has 20 heavy (non-hydrogen) atoms. The highest BCUT2D eigenvalue weighted by molar-refractivity contribution is 5.83. The number of nitrogens with zero attached hydrogens (tertiary/aromatic N) is 2. The van der Waals surface area contributed by atoms with Gasteiger partial charge in [0, 0.05) is 19.6 Å². The Morgan fingerprint density at radius 2 is 1.75 bits per heavy atom. The number of hydrogen-bond acceptors (Lipinski definition) is 2. The van der Waals surface area contributed by atoms with Crippen molar-refractivity contribution in [2.45, 2.75) is 45.1 Å². The lowest BCUT2D eigenvalue weighted by Gasteiger charge is -2.38. The number of amides is 2. The number of urea groups is 1. The van der Waals surface area contributed by atoms with Crippen LogP contribution in [0.5, 0.6) is 0 Å². The number of aliphatic carboxylic acids is 1. The highest BCUT2D eigenvalue weighted by Crippen LogP contribution is 2.38. The smallest absolute Gasteiger partial charge is 0.326 e. The van der Waals surface area contributed by atoms with Crippen LogP contribution < -0.4 is 0 Å². The lowest BCUT2D eigenvalue weighted by molar-refractivity contribution is -0.144. The number of carbonyl (C=O) groups excluding carboxylic acids is 1. The monoisotopic (exact) mass is 280 g/mol. The molecule has 1 N–H and O–H groups in total. The van der Waals surface area contributed by atoms with E-state index in [1.165, 1.54) is 19.3 Å². The zero-order valence-corrected chi connectivity index (χ0v) is 12.1. The van der Waals surface area contributed by atoms with Gasteiger partial charge in [-0.1, -0.05) is 13.3 Å². The van der Waals surface area contributed by atoms with E-state index in [-0.39, 0.29) is 6.03 Å². The van der Waals surface area contributed by atoms with Crippen molar-refractivity contribution < 1.29 is 14.7 Å². The van der Waals surface area contributed by atoms with Crippen LogP contribution in [0.2, 0.25) is 0 Å². The number of likely N-dealkylation sites (tertiary alicyclic amines) is 2.